The van der Waals surface area contributed by atoms with E-state index in [-0.39, 0.29) is 35.4 Å². The van der Waals surface area contributed by atoms with E-state index >= 15 is 0 Å². The van der Waals surface area contributed by atoms with E-state index in [1.807, 2.05) is 30.6 Å². The summed E-state index contributed by atoms with van der Waals surface area (Å²) in [5, 5.41) is 2.86. The molecule has 1 atom stereocenters. The van der Waals surface area contributed by atoms with Crippen LogP contribution in [0.3, 0.4) is 0 Å². The van der Waals surface area contributed by atoms with Gasteiger partial charge in [-0.25, -0.2) is 8.78 Å². The molecule has 0 unspecified atom stereocenters. The highest BCUT2D eigenvalue weighted by Gasteiger charge is 2.33. The molecule has 0 radical (unpaired) electrons. The first-order chi connectivity index (χ1) is 15.6. The van der Waals surface area contributed by atoms with E-state index in [1.165, 1.54) is 12.1 Å². The molecule has 2 amide bonds. The van der Waals surface area contributed by atoms with Gasteiger partial charge in [-0.15, -0.1) is 0 Å². The average molecular weight is 458 g/mol. The number of fused-ring (bicyclic) bond motifs is 2. The van der Waals surface area contributed by atoms with Crippen LogP contribution in [-0.2, 0) is 9.59 Å². The lowest BCUT2D eigenvalue weighted by Gasteiger charge is -2.41. The Balaban J connectivity index is 1.54. The molecule has 0 aromatic heterocycles. The Kier molecular flexibility index (Phi) is 6.38. The summed E-state index contributed by atoms with van der Waals surface area (Å²) in [4.78, 5) is 29.4. The highest BCUT2D eigenvalue weighted by Crippen LogP contribution is 2.33. The number of carbonyl (C=O) groups is 2. The maximum absolute atomic E-state index is 14.3. The molecule has 0 aliphatic carbocycles. The van der Waals surface area contributed by atoms with E-state index in [2.05, 4.69) is 5.32 Å². The van der Waals surface area contributed by atoms with Crippen molar-refractivity contribution in [2.45, 2.75) is 33.2 Å². The van der Waals surface area contributed by atoms with Crippen molar-refractivity contribution < 1.29 is 23.1 Å². The molecule has 4 rings (SSSR count). The third-order valence-electron chi connectivity index (χ3n) is 5.91. The van der Waals surface area contributed by atoms with Gasteiger partial charge in [0.15, 0.2) is 0 Å². The lowest BCUT2D eigenvalue weighted by molar-refractivity contribution is -0.136. The highest BCUT2D eigenvalue weighted by molar-refractivity contribution is 5.94. The third kappa shape index (κ3) is 5.50. The van der Waals surface area contributed by atoms with Crippen LogP contribution in [0.2, 0.25) is 0 Å². The zero-order chi connectivity index (χ0) is 23.8. The minimum Gasteiger partial charge on any atom is -0.490 e. The van der Waals surface area contributed by atoms with Crippen LogP contribution in [-0.4, -0.2) is 60.4 Å². The Morgan fingerprint density at radius 2 is 1.94 bits per heavy atom. The second-order valence-corrected chi connectivity index (χ2v) is 9.90. The first kappa shape index (κ1) is 23.2. The molecule has 1 fully saturated rings. The topological polar surface area (TPSA) is 61.9 Å². The van der Waals surface area contributed by atoms with Crippen molar-refractivity contribution >= 4 is 17.5 Å². The normalized spacial score (nSPS) is 19.4. The van der Waals surface area contributed by atoms with Crippen LogP contribution >= 0.6 is 0 Å². The van der Waals surface area contributed by atoms with Crippen molar-refractivity contribution in [2.24, 2.45) is 5.41 Å². The predicted octanol–water partition coefficient (Wildman–Crippen LogP) is 3.91. The van der Waals surface area contributed by atoms with Crippen LogP contribution in [0.5, 0.6) is 5.75 Å². The molecule has 0 saturated carbocycles. The highest BCUT2D eigenvalue weighted by atomic mass is 19.1. The number of carbonyl (C=O) groups excluding carboxylic acids is 2. The standard InChI is InChI=1S/C25H29F2N3O3/c1-25(2,3)12-24(32)30-9-8-29-14-23(31)28-21-10-16(19-6-5-17(26)11-20(19)27)4-7-22(21)33-15-18(29)13-30/h4-7,10-11,18H,8-9,12-15H2,1-3H3,(H,28,31)/t18-/m1/s1. The van der Waals surface area contributed by atoms with E-state index in [0.29, 0.717) is 49.7 Å². The molecule has 2 aromatic rings. The predicted molar refractivity (Wildman–Crippen MR) is 122 cm³/mol. The lowest BCUT2D eigenvalue weighted by Crippen LogP contribution is -2.58. The minimum absolute atomic E-state index is 0.0936. The van der Waals surface area contributed by atoms with Crippen LogP contribution in [0.15, 0.2) is 36.4 Å². The molecule has 6 nitrogen and oxygen atoms in total. The van der Waals surface area contributed by atoms with E-state index in [9.17, 15) is 18.4 Å². The molecule has 8 heteroatoms. The number of benzene rings is 2. The number of anilines is 1. The minimum atomic E-state index is -0.678. The summed E-state index contributed by atoms with van der Waals surface area (Å²) in [6.07, 6.45) is 0.465. The summed E-state index contributed by atoms with van der Waals surface area (Å²) in [6, 6.07) is 8.26. The number of amides is 2. The van der Waals surface area contributed by atoms with Crippen molar-refractivity contribution in [1.82, 2.24) is 9.80 Å². The fourth-order valence-corrected chi connectivity index (χ4v) is 4.26. The quantitative estimate of drug-likeness (QED) is 0.743. The number of hydrogen-bond donors (Lipinski definition) is 1. The van der Waals surface area contributed by atoms with Crippen molar-refractivity contribution in [3.63, 3.8) is 0 Å². The van der Waals surface area contributed by atoms with Gasteiger partial charge in [-0.2, -0.15) is 0 Å². The zero-order valence-corrected chi connectivity index (χ0v) is 19.2. The SMILES string of the molecule is CC(C)(C)CC(=O)N1CCN2CC(=O)Nc3cc(-c4ccc(F)cc4F)ccc3OC[C@H]2C1. The van der Waals surface area contributed by atoms with Crippen LogP contribution in [0.4, 0.5) is 14.5 Å². The molecular weight excluding hydrogens is 428 g/mol. The second-order valence-electron chi connectivity index (χ2n) is 9.90. The van der Waals surface area contributed by atoms with E-state index < -0.39 is 11.6 Å². The van der Waals surface area contributed by atoms with Crippen molar-refractivity contribution in [3.8, 4) is 16.9 Å². The summed E-state index contributed by atoms with van der Waals surface area (Å²) < 4.78 is 33.6. The first-order valence-corrected chi connectivity index (χ1v) is 11.1. The summed E-state index contributed by atoms with van der Waals surface area (Å²) in [6.45, 7) is 8.25. The number of piperazine rings is 1. The lowest BCUT2D eigenvalue weighted by atomic mass is 9.91. The molecular formula is C25H29F2N3O3. The van der Waals surface area contributed by atoms with E-state index in [1.54, 1.807) is 18.2 Å². The van der Waals surface area contributed by atoms with Gasteiger partial charge in [0.05, 0.1) is 18.3 Å². The fraction of sp³-hybridized carbons (Fsp3) is 0.440. The Bertz CT molecular complexity index is 1070. The Labute approximate surface area is 192 Å². The summed E-state index contributed by atoms with van der Waals surface area (Å²) in [7, 11) is 0. The number of hydrogen-bond acceptors (Lipinski definition) is 4. The third-order valence-corrected chi connectivity index (χ3v) is 5.91. The van der Waals surface area contributed by atoms with Crippen LogP contribution < -0.4 is 10.1 Å². The Morgan fingerprint density at radius 1 is 1.15 bits per heavy atom. The van der Waals surface area contributed by atoms with Gasteiger partial charge in [-0.1, -0.05) is 26.8 Å². The summed E-state index contributed by atoms with van der Waals surface area (Å²) in [5.74, 6) is -0.963. The molecule has 2 aliphatic rings. The zero-order valence-electron chi connectivity index (χ0n) is 19.2. The van der Waals surface area contributed by atoms with Crippen molar-refractivity contribution in [1.29, 1.82) is 0 Å². The van der Waals surface area contributed by atoms with Crippen LogP contribution in [0, 0.1) is 17.0 Å². The molecule has 1 N–H and O–H groups in total. The fourth-order valence-electron chi connectivity index (χ4n) is 4.26. The van der Waals surface area contributed by atoms with Gasteiger partial charge >= 0.3 is 0 Å². The largest absolute Gasteiger partial charge is 0.490 e. The van der Waals surface area contributed by atoms with E-state index in [0.717, 1.165) is 6.07 Å². The van der Waals surface area contributed by atoms with Crippen LogP contribution in [0.25, 0.3) is 11.1 Å². The maximum atomic E-state index is 14.3. The van der Waals surface area contributed by atoms with Crippen molar-refractivity contribution in [2.75, 3.05) is 38.1 Å². The van der Waals surface area contributed by atoms with Gasteiger partial charge in [-0.3, -0.25) is 14.5 Å². The summed E-state index contributed by atoms with van der Waals surface area (Å²) >= 11 is 0. The van der Waals surface area contributed by atoms with Gasteiger partial charge in [-0.05, 0) is 35.2 Å². The Hall–Kier alpha value is -3.00. The molecule has 2 aromatic carbocycles. The number of halogens is 2. The molecule has 33 heavy (non-hydrogen) atoms. The monoisotopic (exact) mass is 457 g/mol. The van der Waals surface area contributed by atoms with Crippen molar-refractivity contribution in [3.05, 3.63) is 48.0 Å². The summed E-state index contributed by atoms with van der Waals surface area (Å²) in [5.41, 5.74) is 1.08. The molecule has 2 heterocycles. The average Bonchev–Trinajstić information content (AvgIpc) is 2.78. The van der Waals surface area contributed by atoms with Gasteiger partial charge in [0.25, 0.3) is 0 Å². The van der Waals surface area contributed by atoms with E-state index in [4.69, 9.17) is 4.74 Å². The van der Waals surface area contributed by atoms with Gasteiger partial charge in [0.2, 0.25) is 11.8 Å². The molecule has 1 saturated heterocycles. The number of nitrogens with one attached hydrogen (secondary N) is 1. The van der Waals surface area contributed by atoms with Gasteiger partial charge < -0.3 is 15.0 Å². The second kappa shape index (κ2) is 9.09. The number of rotatable bonds is 2. The molecule has 0 spiro atoms. The maximum Gasteiger partial charge on any atom is 0.238 e. The van der Waals surface area contributed by atoms with Crippen LogP contribution in [0.1, 0.15) is 27.2 Å². The van der Waals surface area contributed by atoms with Gasteiger partial charge in [0, 0.05) is 37.7 Å². The molecule has 176 valence electrons. The van der Waals surface area contributed by atoms with Gasteiger partial charge in [0.1, 0.15) is 24.0 Å². The first-order valence-electron chi connectivity index (χ1n) is 11.1. The number of ether oxygens (including phenoxy) is 1. The molecule has 0 bridgehead atoms. The number of nitrogens with zero attached hydrogens (tertiary/aromatic N) is 2. The Morgan fingerprint density at radius 3 is 2.67 bits per heavy atom. The smallest absolute Gasteiger partial charge is 0.238 e. The molecule has 2 aliphatic heterocycles.